The first-order chi connectivity index (χ1) is 13.8. The Morgan fingerprint density at radius 3 is 2.69 bits per heavy atom. The summed E-state index contributed by atoms with van der Waals surface area (Å²) in [5.74, 6) is -0.233. The predicted octanol–water partition coefficient (Wildman–Crippen LogP) is 4.01. The van der Waals surface area contributed by atoms with E-state index in [1.807, 2.05) is 0 Å². The maximum atomic E-state index is 12.6. The Hall–Kier alpha value is -1.80. The molecule has 1 saturated heterocycles. The van der Waals surface area contributed by atoms with Crippen molar-refractivity contribution in [2.75, 3.05) is 24.4 Å². The molecule has 0 radical (unpaired) electrons. The van der Waals surface area contributed by atoms with Crippen molar-refractivity contribution in [3.8, 4) is 0 Å². The van der Waals surface area contributed by atoms with Crippen molar-refractivity contribution in [2.45, 2.75) is 30.7 Å². The van der Waals surface area contributed by atoms with Crippen molar-refractivity contribution in [3.63, 3.8) is 0 Å². The van der Waals surface area contributed by atoms with Crippen LogP contribution in [0.4, 0.5) is 5.69 Å². The van der Waals surface area contributed by atoms with Crippen LogP contribution < -0.4 is 10.0 Å². The highest BCUT2D eigenvalue weighted by Crippen LogP contribution is 2.26. The smallest absolute Gasteiger partial charge is 0.261 e. The van der Waals surface area contributed by atoms with Crippen molar-refractivity contribution in [1.82, 2.24) is 10.2 Å². The second kappa shape index (κ2) is 9.34. The highest BCUT2D eigenvalue weighted by molar-refractivity contribution is 7.92. The Morgan fingerprint density at radius 2 is 1.97 bits per heavy atom. The summed E-state index contributed by atoms with van der Waals surface area (Å²) in [5, 5.41) is 3.37. The van der Waals surface area contributed by atoms with Gasteiger partial charge in [-0.2, -0.15) is 0 Å². The van der Waals surface area contributed by atoms with Gasteiger partial charge in [0.15, 0.2) is 0 Å². The summed E-state index contributed by atoms with van der Waals surface area (Å²) < 4.78 is 27.7. The molecular formula is C20H23Cl2N3O3S. The number of carbonyl (C=O) groups is 1. The first kappa shape index (κ1) is 21.9. The number of halogens is 2. The van der Waals surface area contributed by atoms with Crippen molar-refractivity contribution in [3.05, 3.63) is 58.1 Å². The van der Waals surface area contributed by atoms with E-state index in [-0.39, 0.29) is 20.8 Å². The molecule has 2 N–H and O–H groups in total. The standard InChI is InChI=1S/C20H23Cl2N3O3S/c1-2-25-10-4-7-16(25)13-23-20(26)14-5-3-6-15(11-14)24-29(27,28)17-8-9-18(21)19(22)12-17/h3,5-6,8-9,11-12,16,24H,2,4,7,10,13H2,1H3,(H,23,26). The summed E-state index contributed by atoms with van der Waals surface area (Å²) >= 11 is 11.8. The fraction of sp³-hybridized carbons (Fsp3) is 0.350. The van der Waals surface area contributed by atoms with Gasteiger partial charge >= 0.3 is 0 Å². The number of anilines is 1. The third-order valence-electron chi connectivity index (χ3n) is 4.98. The number of hydrogen-bond acceptors (Lipinski definition) is 4. The van der Waals surface area contributed by atoms with E-state index in [0.29, 0.717) is 23.8 Å². The van der Waals surface area contributed by atoms with E-state index < -0.39 is 10.0 Å². The maximum Gasteiger partial charge on any atom is 0.261 e. The summed E-state index contributed by atoms with van der Waals surface area (Å²) in [7, 11) is -3.86. The quantitative estimate of drug-likeness (QED) is 0.660. The van der Waals surface area contributed by atoms with Gasteiger partial charge in [0.05, 0.1) is 14.9 Å². The molecule has 1 atom stereocenters. The van der Waals surface area contributed by atoms with E-state index in [2.05, 4.69) is 21.9 Å². The zero-order chi connectivity index (χ0) is 21.0. The molecule has 1 aliphatic heterocycles. The van der Waals surface area contributed by atoms with E-state index in [4.69, 9.17) is 23.2 Å². The lowest BCUT2D eigenvalue weighted by molar-refractivity contribution is 0.0941. The van der Waals surface area contributed by atoms with Crippen molar-refractivity contribution in [2.24, 2.45) is 0 Å². The number of rotatable bonds is 7. The van der Waals surface area contributed by atoms with Gasteiger partial charge < -0.3 is 5.32 Å². The van der Waals surface area contributed by atoms with Gasteiger partial charge in [0.1, 0.15) is 0 Å². The van der Waals surface area contributed by atoms with Gasteiger partial charge in [-0.3, -0.25) is 14.4 Å². The average Bonchev–Trinajstić information content (AvgIpc) is 3.15. The van der Waals surface area contributed by atoms with Crippen LogP contribution in [0.5, 0.6) is 0 Å². The second-order valence-electron chi connectivity index (χ2n) is 6.90. The SMILES string of the molecule is CCN1CCCC1CNC(=O)c1cccc(NS(=O)(=O)c2ccc(Cl)c(Cl)c2)c1. The van der Waals surface area contributed by atoms with Crippen molar-refractivity contribution in [1.29, 1.82) is 0 Å². The number of benzene rings is 2. The largest absolute Gasteiger partial charge is 0.350 e. The number of nitrogens with zero attached hydrogens (tertiary/aromatic N) is 1. The number of sulfonamides is 1. The molecule has 156 valence electrons. The second-order valence-corrected chi connectivity index (χ2v) is 9.39. The van der Waals surface area contributed by atoms with Gasteiger partial charge in [0.25, 0.3) is 15.9 Å². The summed E-state index contributed by atoms with van der Waals surface area (Å²) in [6, 6.07) is 10.8. The molecule has 3 rings (SSSR count). The average molecular weight is 456 g/mol. The molecule has 1 amide bonds. The first-order valence-corrected chi connectivity index (χ1v) is 11.6. The van der Waals surface area contributed by atoms with E-state index in [1.54, 1.807) is 18.2 Å². The summed E-state index contributed by atoms with van der Waals surface area (Å²) in [5.41, 5.74) is 0.681. The molecule has 0 bridgehead atoms. The molecule has 1 heterocycles. The summed E-state index contributed by atoms with van der Waals surface area (Å²) in [6.45, 7) is 4.71. The molecule has 1 unspecified atom stereocenters. The molecule has 6 nitrogen and oxygen atoms in total. The molecule has 2 aromatic rings. The van der Waals surface area contributed by atoms with Crippen LogP contribution in [0, 0.1) is 0 Å². The highest BCUT2D eigenvalue weighted by atomic mass is 35.5. The third kappa shape index (κ3) is 5.42. The number of likely N-dealkylation sites (N-methyl/N-ethyl adjacent to an activating group) is 1. The summed E-state index contributed by atoms with van der Waals surface area (Å²) in [6.07, 6.45) is 2.21. The van der Waals surface area contributed by atoms with Gasteiger partial charge in [-0.1, -0.05) is 36.2 Å². The fourth-order valence-corrected chi connectivity index (χ4v) is 4.88. The monoisotopic (exact) mass is 455 g/mol. The lowest BCUT2D eigenvalue weighted by Gasteiger charge is -2.22. The molecule has 1 fully saturated rings. The molecule has 2 aromatic carbocycles. The molecule has 9 heteroatoms. The molecule has 0 saturated carbocycles. The number of carbonyl (C=O) groups excluding carboxylic acids is 1. The maximum absolute atomic E-state index is 12.6. The Kier molecular flexibility index (Phi) is 7.05. The van der Waals surface area contributed by atoms with E-state index in [0.717, 1.165) is 25.9 Å². The van der Waals surface area contributed by atoms with Crippen LogP contribution in [0.15, 0.2) is 47.4 Å². The van der Waals surface area contributed by atoms with Gasteiger partial charge in [-0.15, -0.1) is 0 Å². The van der Waals surface area contributed by atoms with E-state index in [9.17, 15) is 13.2 Å². The fourth-order valence-electron chi connectivity index (χ4n) is 3.44. The minimum Gasteiger partial charge on any atom is -0.350 e. The Morgan fingerprint density at radius 1 is 1.17 bits per heavy atom. The van der Waals surface area contributed by atoms with Crippen LogP contribution in [-0.2, 0) is 10.0 Å². The number of amides is 1. The Balaban J connectivity index is 1.68. The van der Waals surface area contributed by atoms with Gasteiger partial charge in [-0.25, -0.2) is 8.42 Å². The predicted molar refractivity (Wildman–Crippen MR) is 116 cm³/mol. The van der Waals surface area contributed by atoms with Crippen molar-refractivity contribution < 1.29 is 13.2 Å². The van der Waals surface area contributed by atoms with Crippen LogP contribution in [0.25, 0.3) is 0 Å². The lowest BCUT2D eigenvalue weighted by atomic mass is 10.1. The van der Waals surface area contributed by atoms with E-state index in [1.165, 1.54) is 24.3 Å². The number of hydrogen-bond donors (Lipinski definition) is 2. The molecule has 29 heavy (non-hydrogen) atoms. The zero-order valence-corrected chi connectivity index (χ0v) is 18.3. The van der Waals surface area contributed by atoms with Gasteiger partial charge in [0, 0.05) is 23.8 Å². The zero-order valence-electron chi connectivity index (χ0n) is 16.0. The van der Waals surface area contributed by atoms with Crippen LogP contribution in [0.3, 0.4) is 0 Å². The van der Waals surface area contributed by atoms with Crippen LogP contribution in [0.1, 0.15) is 30.1 Å². The summed E-state index contributed by atoms with van der Waals surface area (Å²) in [4.78, 5) is 14.9. The first-order valence-electron chi connectivity index (χ1n) is 9.40. The Labute approximate surface area is 181 Å². The number of nitrogens with one attached hydrogen (secondary N) is 2. The van der Waals surface area contributed by atoms with Crippen LogP contribution in [0.2, 0.25) is 10.0 Å². The normalized spacial score (nSPS) is 17.3. The molecule has 0 aliphatic carbocycles. The van der Waals surface area contributed by atoms with Crippen LogP contribution >= 0.6 is 23.2 Å². The highest BCUT2D eigenvalue weighted by Gasteiger charge is 2.23. The molecular weight excluding hydrogens is 433 g/mol. The van der Waals surface area contributed by atoms with Crippen LogP contribution in [-0.4, -0.2) is 44.9 Å². The van der Waals surface area contributed by atoms with Crippen molar-refractivity contribution >= 4 is 44.8 Å². The minimum absolute atomic E-state index is 0.0114. The molecule has 1 aliphatic rings. The van der Waals surface area contributed by atoms with E-state index >= 15 is 0 Å². The minimum atomic E-state index is -3.86. The topological polar surface area (TPSA) is 78.5 Å². The molecule has 0 aromatic heterocycles. The number of likely N-dealkylation sites (tertiary alicyclic amines) is 1. The van der Waals surface area contributed by atoms with Gasteiger partial charge in [-0.05, 0) is 62.3 Å². The Bertz CT molecular complexity index is 998. The van der Waals surface area contributed by atoms with Gasteiger partial charge in [0.2, 0.25) is 0 Å². The molecule has 0 spiro atoms. The third-order valence-corrected chi connectivity index (χ3v) is 7.10. The lowest BCUT2D eigenvalue weighted by Crippen LogP contribution is -2.40.